The Hall–Kier alpha value is -3.68. The normalized spacial score (nSPS) is 15.7. The number of hydrogen-bond donors (Lipinski definition) is 1. The predicted octanol–water partition coefficient (Wildman–Crippen LogP) is 3.73. The van der Waals surface area contributed by atoms with Crippen LogP contribution in [0.25, 0.3) is 11.1 Å². The number of carbonyl (C=O) groups is 2. The molecule has 1 aromatic heterocycles. The number of nitrogens with one attached hydrogen (secondary N) is 1. The van der Waals surface area contributed by atoms with Gasteiger partial charge in [-0.3, -0.25) is 9.69 Å². The molecule has 0 aliphatic carbocycles. The van der Waals surface area contributed by atoms with Crippen molar-refractivity contribution in [2.75, 3.05) is 18.0 Å². The van der Waals surface area contributed by atoms with Crippen LogP contribution in [0, 0.1) is 5.82 Å². The molecule has 1 atom stereocenters. The molecule has 2 aromatic carbocycles. The maximum absolute atomic E-state index is 14.8. The smallest absolute Gasteiger partial charge is 0.414 e. The summed E-state index contributed by atoms with van der Waals surface area (Å²) in [6.45, 7) is 1.87. The Kier molecular flexibility index (Phi) is 5.97. The number of aryl methyl sites for hydroxylation is 2. The largest absolute Gasteiger partial charge is 0.442 e. The van der Waals surface area contributed by atoms with Crippen molar-refractivity contribution in [2.24, 2.45) is 0 Å². The van der Waals surface area contributed by atoms with Crippen molar-refractivity contribution in [3.8, 4) is 11.1 Å². The second-order valence-electron chi connectivity index (χ2n) is 7.41. The molecule has 2 heterocycles. The molecular weight excluding hydrogens is 401 g/mol. The first-order valence-electron chi connectivity index (χ1n) is 10.0. The molecule has 160 valence electrons. The van der Waals surface area contributed by atoms with Crippen molar-refractivity contribution >= 4 is 17.7 Å². The summed E-state index contributed by atoms with van der Waals surface area (Å²) in [6, 6.07) is 14.2. The third kappa shape index (κ3) is 4.91. The lowest BCUT2D eigenvalue weighted by Crippen LogP contribution is -2.33. The zero-order chi connectivity index (χ0) is 21.8. The lowest BCUT2D eigenvalue weighted by atomic mass is 10.0. The van der Waals surface area contributed by atoms with Gasteiger partial charge in [0.05, 0.1) is 24.5 Å². The zero-order valence-corrected chi connectivity index (χ0v) is 17.0. The Morgan fingerprint density at radius 3 is 2.68 bits per heavy atom. The summed E-state index contributed by atoms with van der Waals surface area (Å²) >= 11 is 0. The maximum atomic E-state index is 14.8. The molecule has 1 fully saturated rings. The molecule has 31 heavy (non-hydrogen) atoms. The van der Waals surface area contributed by atoms with Gasteiger partial charge in [0.15, 0.2) is 0 Å². The summed E-state index contributed by atoms with van der Waals surface area (Å²) in [6.07, 6.45) is 2.11. The number of rotatable bonds is 7. The van der Waals surface area contributed by atoms with E-state index in [0.717, 1.165) is 29.7 Å². The molecule has 3 aromatic rings. The average molecular weight is 423 g/mol. The number of halogens is 1. The number of nitrogens with zero attached hydrogens (tertiary/aromatic N) is 2. The maximum Gasteiger partial charge on any atom is 0.414 e. The fourth-order valence-corrected chi connectivity index (χ4v) is 3.49. The number of ether oxygens (including phenoxy) is 1. The van der Waals surface area contributed by atoms with Gasteiger partial charge in [-0.05, 0) is 42.2 Å². The molecule has 8 heteroatoms. The number of amides is 2. The van der Waals surface area contributed by atoms with Crippen molar-refractivity contribution in [2.45, 2.75) is 25.9 Å². The van der Waals surface area contributed by atoms with Gasteiger partial charge >= 0.3 is 6.09 Å². The van der Waals surface area contributed by atoms with Crippen molar-refractivity contribution in [3.05, 3.63) is 71.9 Å². The zero-order valence-electron chi connectivity index (χ0n) is 17.0. The Labute approximate surface area is 178 Å². The molecule has 1 saturated heterocycles. The molecule has 0 unspecified atom stereocenters. The minimum absolute atomic E-state index is 0.200. The Balaban J connectivity index is 1.42. The summed E-state index contributed by atoms with van der Waals surface area (Å²) in [5.74, 6) is -0.625. The van der Waals surface area contributed by atoms with Gasteiger partial charge in [0, 0.05) is 18.6 Å². The van der Waals surface area contributed by atoms with Crippen LogP contribution < -0.4 is 10.2 Å². The van der Waals surface area contributed by atoms with Gasteiger partial charge in [-0.25, -0.2) is 9.18 Å². The first-order chi connectivity index (χ1) is 15.0. The minimum atomic E-state index is -0.557. The third-order valence-corrected chi connectivity index (χ3v) is 5.14. The second-order valence-corrected chi connectivity index (χ2v) is 7.41. The van der Waals surface area contributed by atoms with E-state index in [1.165, 1.54) is 17.9 Å². The summed E-state index contributed by atoms with van der Waals surface area (Å²) in [7, 11) is 0. The first-order valence-corrected chi connectivity index (χ1v) is 10.0. The molecule has 0 bridgehead atoms. The SMILES string of the molecule is CC(=O)NC[C@H]1CN(c2ccc(-c3ccc(CCc4ccon4)cc3)c(F)c2)C(=O)O1. The molecule has 1 N–H and O–H groups in total. The van der Waals surface area contributed by atoms with Gasteiger partial charge < -0.3 is 14.6 Å². The van der Waals surface area contributed by atoms with Gasteiger partial charge in [-0.15, -0.1) is 0 Å². The van der Waals surface area contributed by atoms with Crippen LogP contribution in [0.3, 0.4) is 0 Å². The number of aromatic nitrogens is 1. The van der Waals surface area contributed by atoms with E-state index in [-0.39, 0.29) is 19.0 Å². The van der Waals surface area contributed by atoms with Crippen LogP contribution in [0.1, 0.15) is 18.2 Å². The summed E-state index contributed by atoms with van der Waals surface area (Å²) in [4.78, 5) is 24.5. The minimum Gasteiger partial charge on any atom is -0.442 e. The fourth-order valence-electron chi connectivity index (χ4n) is 3.49. The van der Waals surface area contributed by atoms with Gasteiger partial charge in [-0.1, -0.05) is 29.4 Å². The molecule has 0 spiro atoms. The lowest BCUT2D eigenvalue weighted by Gasteiger charge is -2.14. The molecular formula is C23H22FN3O4. The predicted molar refractivity (Wildman–Crippen MR) is 112 cm³/mol. The number of hydrogen-bond acceptors (Lipinski definition) is 5. The second kappa shape index (κ2) is 8.99. The number of carbonyl (C=O) groups excluding carboxylic acids is 2. The number of benzene rings is 2. The van der Waals surface area contributed by atoms with E-state index >= 15 is 0 Å². The molecule has 1 aliphatic heterocycles. The van der Waals surface area contributed by atoms with Crippen LogP contribution in [-0.4, -0.2) is 36.4 Å². The van der Waals surface area contributed by atoms with Crippen LogP contribution in [0.15, 0.2) is 59.3 Å². The highest BCUT2D eigenvalue weighted by molar-refractivity contribution is 5.90. The van der Waals surface area contributed by atoms with E-state index in [9.17, 15) is 14.0 Å². The Morgan fingerprint density at radius 1 is 1.19 bits per heavy atom. The highest BCUT2D eigenvalue weighted by Gasteiger charge is 2.32. The van der Waals surface area contributed by atoms with E-state index in [1.54, 1.807) is 18.4 Å². The molecule has 0 saturated carbocycles. The molecule has 1 aliphatic rings. The van der Waals surface area contributed by atoms with Crippen LogP contribution >= 0.6 is 0 Å². The first kappa shape index (κ1) is 20.6. The van der Waals surface area contributed by atoms with Crippen molar-refractivity contribution in [3.63, 3.8) is 0 Å². The van der Waals surface area contributed by atoms with Gasteiger partial charge in [0.2, 0.25) is 5.91 Å². The molecule has 7 nitrogen and oxygen atoms in total. The summed E-state index contributed by atoms with van der Waals surface area (Å²) in [5, 5.41) is 6.52. The van der Waals surface area contributed by atoms with E-state index in [2.05, 4.69) is 10.5 Å². The van der Waals surface area contributed by atoms with E-state index < -0.39 is 18.0 Å². The third-order valence-electron chi connectivity index (χ3n) is 5.14. The van der Waals surface area contributed by atoms with Crippen molar-refractivity contribution < 1.29 is 23.2 Å². The van der Waals surface area contributed by atoms with Gasteiger partial charge in [0.25, 0.3) is 0 Å². The van der Waals surface area contributed by atoms with E-state index in [0.29, 0.717) is 11.3 Å². The number of anilines is 1. The highest BCUT2D eigenvalue weighted by atomic mass is 19.1. The van der Waals surface area contributed by atoms with Gasteiger partial charge in [-0.2, -0.15) is 0 Å². The molecule has 0 radical (unpaired) electrons. The molecule has 2 amide bonds. The summed E-state index contributed by atoms with van der Waals surface area (Å²) in [5.41, 5.74) is 3.64. The number of cyclic esters (lactones) is 1. The Bertz CT molecular complexity index is 1070. The van der Waals surface area contributed by atoms with Gasteiger partial charge in [0.1, 0.15) is 18.2 Å². The summed E-state index contributed by atoms with van der Waals surface area (Å²) < 4.78 is 24.9. The highest BCUT2D eigenvalue weighted by Crippen LogP contribution is 2.29. The van der Waals surface area contributed by atoms with Crippen LogP contribution in [0.2, 0.25) is 0 Å². The Morgan fingerprint density at radius 2 is 2.00 bits per heavy atom. The van der Waals surface area contributed by atoms with E-state index in [1.807, 2.05) is 30.3 Å². The topological polar surface area (TPSA) is 84.7 Å². The fraction of sp³-hybridized carbons (Fsp3) is 0.261. The van der Waals surface area contributed by atoms with Crippen LogP contribution in [-0.2, 0) is 22.4 Å². The van der Waals surface area contributed by atoms with Crippen molar-refractivity contribution in [1.29, 1.82) is 0 Å². The standard InChI is InChI=1S/C23H22FN3O4/c1-15(28)25-13-20-14-27(23(29)31-20)19-8-9-21(22(24)12-19)17-5-2-16(3-6-17)4-7-18-10-11-30-26-18/h2-3,5-6,8-12,20H,4,7,13-14H2,1H3,(H,25,28)/t20-/m0/s1. The monoisotopic (exact) mass is 423 g/mol. The average Bonchev–Trinajstić information content (AvgIpc) is 3.41. The van der Waals surface area contributed by atoms with Crippen LogP contribution in [0.4, 0.5) is 14.9 Å². The quantitative estimate of drug-likeness (QED) is 0.626. The van der Waals surface area contributed by atoms with Crippen LogP contribution in [0.5, 0.6) is 0 Å². The lowest BCUT2D eigenvalue weighted by molar-refractivity contribution is -0.119. The van der Waals surface area contributed by atoms with Crippen molar-refractivity contribution in [1.82, 2.24) is 10.5 Å². The van der Waals surface area contributed by atoms with E-state index in [4.69, 9.17) is 9.26 Å². The molecule has 4 rings (SSSR count).